The van der Waals surface area contributed by atoms with Crippen molar-refractivity contribution in [3.63, 3.8) is 0 Å². The lowest BCUT2D eigenvalue weighted by Gasteiger charge is -2.11. The Kier molecular flexibility index (Phi) is 4.64. The number of aryl methyl sites for hydroxylation is 1. The highest BCUT2D eigenvalue weighted by Crippen LogP contribution is 2.23. The molecule has 0 radical (unpaired) electrons. The van der Waals surface area contributed by atoms with Crippen molar-refractivity contribution in [1.82, 2.24) is 9.55 Å². The van der Waals surface area contributed by atoms with Gasteiger partial charge in [-0.15, -0.1) is 0 Å². The van der Waals surface area contributed by atoms with Crippen LogP contribution >= 0.6 is 0 Å². The quantitative estimate of drug-likeness (QED) is 0.882. The van der Waals surface area contributed by atoms with Gasteiger partial charge >= 0.3 is 6.18 Å². The molecule has 2 aromatic rings. The van der Waals surface area contributed by atoms with Crippen LogP contribution in [0.15, 0.2) is 24.3 Å². The average molecular weight is 335 g/mol. The summed E-state index contributed by atoms with van der Waals surface area (Å²) in [5.41, 5.74) is 1.32. The van der Waals surface area contributed by atoms with Crippen molar-refractivity contribution in [3.8, 4) is 0 Å². The van der Waals surface area contributed by atoms with E-state index in [0.717, 1.165) is 11.9 Å². The summed E-state index contributed by atoms with van der Waals surface area (Å²) in [6.07, 6.45) is -5.17. The van der Waals surface area contributed by atoms with E-state index < -0.39 is 28.4 Å². The number of fused-ring (bicyclic) bond motifs is 1. The molecule has 1 heterocycles. The van der Waals surface area contributed by atoms with E-state index in [9.17, 15) is 21.6 Å². The van der Waals surface area contributed by atoms with Crippen molar-refractivity contribution in [2.24, 2.45) is 0 Å². The molecule has 2 rings (SSSR count). The molecule has 0 aliphatic heterocycles. The molecule has 5 nitrogen and oxygen atoms in total. The number of halogens is 3. The van der Waals surface area contributed by atoms with E-state index in [-0.39, 0.29) is 5.95 Å². The lowest BCUT2D eigenvalue weighted by atomic mass is 10.3. The molecule has 1 N–H and O–H groups in total. The minimum Gasteiger partial charge on any atom is -0.309 e. The van der Waals surface area contributed by atoms with Crippen molar-refractivity contribution < 1.29 is 21.6 Å². The predicted octanol–water partition coefficient (Wildman–Crippen LogP) is 3.14. The van der Waals surface area contributed by atoms with Crippen LogP contribution in [0.1, 0.15) is 19.8 Å². The Labute approximate surface area is 126 Å². The minimum absolute atomic E-state index is 0.0465. The Morgan fingerprint density at radius 1 is 1.27 bits per heavy atom. The van der Waals surface area contributed by atoms with Gasteiger partial charge in [-0.1, -0.05) is 19.1 Å². The molecule has 122 valence electrons. The summed E-state index contributed by atoms with van der Waals surface area (Å²) in [6.45, 7) is 2.42. The van der Waals surface area contributed by atoms with Crippen molar-refractivity contribution in [2.45, 2.75) is 32.5 Å². The van der Waals surface area contributed by atoms with Gasteiger partial charge in [-0.05, 0) is 18.6 Å². The summed E-state index contributed by atoms with van der Waals surface area (Å²) in [5.74, 6) is -0.975. The lowest BCUT2D eigenvalue weighted by Crippen LogP contribution is -2.23. The largest absolute Gasteiger partial charge is 0.390 e. The van der Waals surface area contributed by atoms with Crippen LogP contribution < -0.4 is 4.72 Å². The van der Waals surface area contributed by atoms with Gasteiger partial charge < -0.3 is 4.57 Å². The smallest absolute Gasteiger partial charge is 0.309 e. The molecule has 0 fully saturated rings. The summed E-state index contributed by atoms with van der Waals surface area (Å²) in [7, 11) is -4.11. The number of anilines is 1. The third-order valence-electron chi connectivity index (χ3n) is 3.00. The summed E-state index contributed by atoms with van der Waals surface area (Å²) >= 11 is 0. The highest BCUT2D eigenvalue weighted by atomic mass is 32.2. The molecule has 0 aliphatic carbocycles. The standard InChI is InChI=1S/C13H16F3N3O2S/c1-2-8-19-11-6-4-3-5-10(11)17-12(19)18-22(20,21)9-7-13(14,15)16/h3-6H,2,7-9H2,1H3,(H,17,18). The molecule has 9 heteroatoms. The van der Waals surface area contributed by atoms with Crippen LogP contribution in [0.2, 0.25) is 0 Å². The van der Waals surface area contributed by atoms with Crippen molar-refractivity contribution >= 4 is 27.0 Å². The van der Waals surface area contributed by atoms with Gasteiger partial charge in [0.2, 0.25) is 16.0 Å². The number of benzene rings is 1. The lowest BCUT2D eigenvalue weighted by molar-refractivity contribution is -0.129. The van der Waals surface area contributed by atoms with Crippen LogP contribution in [0, 0.1) is 0 Å². The number of hydrogen-bond acceptors (Lipinski definition) is 3. The zero-order valence-corrected chi connectivity index (χ0v) is 12.7. The maximum absolute atomic E-state index is 12.2. The molecule has 1 aromatic heterocycles. The molecule has 0 unspecified atom stereocenters. The first-order chi connectivity index (χ1) is 10.2. The molecular weight excluding hydrogens is 319 g/mol. The van der Waals surface area contributed by atoms with Gasteiger partial charge in [0.05, 0.1) is 23.2 Å². The van der Waals surface area contributed by atoms with Crippen LogP contribution in [0.4, 0.5) is 19.1 Å². The van der Waals surface area contributed by atoms with Gasteiger partial charge in [0, 0.05) is 6.54 Å². The molecule has 0 bridgehead atoms. The third-order valence-corrected chi connectivity index (χ3v) is 4.24. The van der Waals surface area contributed by atoms with Crippen LogP contribution in [-0.4, -0.2) is 29.9 Å². The second kappa shape index (κ2) is 6.15. The Balaban J connectivity index is 2.28. The van der Waals surface area contributed by atoms with Gasteiger partial charge in [-0.3, -0.25) is 4.72 Å². The zero-order valence-electron chi connectivity index (χ0n) is 11.9. The number of rotatable bonds is 6. The number of nitrogens with zero attached hydrogens (tertiary/aromatic N) is 2. The normalized spacial score (nSPS) is 12.7. The maximum Gasteiger partial charge on any atom is 0.390 e. The third kappa shape index (κ3) is 4.12. The monoisotopic (exact) mass is 335 g/mol. The van der Waals surface area contributed by atoms with E-state index in [1.165, 1.54) is 0 Å². The number of hydrogen-bond donors (Lipinski definition) is 1. The highest BCUT2D eigenvalue weighted by Gasteiger charge is 2.30. The summed E-state index contributed by atoms with van der Waals surface area (Å²) in [4.78, 5) is 4.15. The van der Waals surface area contributed by atoms with E-state index in [2.05, 4.69) is 9.71 Å². The van der Waals surface area contributed by atoms with Gasteiger partial charge in [0.15, 0.2) is 0 Å². The second-order valence-corrected chi connectivity index (χ2v) is 6.70. The summed E-state index contributed by atoms with van der Waals surface area (Å²) in [5, 5.41) is 0. The first-order valence-corrected chi connectivity index (χ1v) is 8.39. The molecule has 0 atom stereocenters. The number of alkyl halides is 3. The molecular formula is C13H16F3N3O2S. The molecule has 0 spiro atoms. The Morgan fingerprint density at radius 2 is 1.95 bits per heavy atom. The van der Waals surface area contributed by atoms with Gasteiger partial charge in [0.1, 0.15) is 0 Å². The minimum atomic E-state index is -4.52. The Hall–Kier alpha value is -1.77. The Morgan fingerprint density at radius 3 is 2.59 bits per heavy atom. The zero-order chi connectivity index (χ0) is 16.4. The number of nitrogens with one attached hydrogen (secondary N) is 1. The molecule has 0 amide bonds. The topological polar surface area (TPSA) is 64.0 Å². The molecule has 0 aliphatic rings. The van der Waals surface area contributed by atoms with Crippen LogP contribution in [0.5, 0.6) is 0 Å². The van der Waals surface area contributed by atoms with Gasteiger partial charge in [0.25, 0.3) is 0 Å². The van der Waals surface area contributed by atoms with Gasteiger partial charge in [-0.25, -0.2) is 13.4 Å². The summed E-state index contributed by atoms with van der Waals surface area (Å²) < 4.78 is 64.0. The molecule has 0 saturated heterocycles. The van der Waals surface area contributed by atoms with E-state index in [0.29, 0.717) is 12.1 Å². The SMILES string of the molecule is CCCn1c(NS(=O)(=O)CCC(F)(F)F)nc2ccccc21. The fourth-order valence-electron chi connectivity index (χ4n) is 2.04. The van der Waals surface area contributed by atoms with Crippen LogP contribution in [0.3, 0.4) is 0 Å². The highest BCUT2D eigenvalue weighted by molar-refractivity contribution is 7.92. The molecule has 22 heavy (non-hydrogen) atoms. The average Bonchev–Trinajstić information content (AvgIpc) is 2.74. The first-order valence-electron chi connectivity index (χ1n) is 6.74. The predicted molar refractivity (Wildman–Crippen MR) is 78.1 cm³/mol. The Bertz CT molecular complexity index is 753. The van der Waals surface area contributed by atoms with Gasteiger partial charge in [-0.2, -0.15) is 13.2 Å². The van der Waals surface area contributed by atoms with E-state index in [1.54, 1.807) is 28.8 Å². The van der Waals surface area contributed by atoms with Crippen molar-refractivity contribution in [3.05, 3.63) is 24.3 Å². The summed E-state index contributed by atoms with van der Waals surface area (Å²) in [6, 6.07) is 7.05. The number of imidazole rings is 1. The van der Waals surface area contributed by atoms with Crippen LogP contribution in [0.25, 0.3) is 11.0 Å². The fraction of sp³-hybridized carbons (Fsp3) is 0.462. The molecule has 1 aromatic carbocycles. The van der Waals surface area contributed by atoms with Crippen LogP contribution in [-0.2, 0) is 16.6 Å². The van der Waals surface area contributed by atoms with E-state index in [4.69, 9.17) is 0 Å². The molecule has 0 saturated carbocycles. The van der Waals surface area contributed by atoms with Crippen molar-refractivity contribution in [1.29, 1.82) is 0 Å². The first kappa shape index (κ1) is 16.6. The van der Waals surface area contributed by atoms with E-state index in [1.807, 2.05) is 6.92 Å². The maximum atomic E-state index is 12.2. The van der Waals surface area contributed by atoms with E-state index >= 15 is 0 Å². The second-order valence-electron chi connectivity index (χ2n) is 4.86. The number of sulfonamides is 1. The van der Waals surface area contributed by atoms with Crippen molar-refractivity contribution in [2.75, 3.05) is 10.5 Å². The number of aromatic nitrogens is 2. The fourth-order valence-corrected chi connectivity index (χ4v) is 3.08. The number of para-hydroxylation sites is 2.